The largest absolute Gasteiger partial charge is 0.383 e. The number of carbonyl (C=O) groups excluding carboxylic acids is 2. The highest BCUT2D eigenvalue weighted by Gasteiger charge is 2.55. The fourth-order valence-electron chi connectivity index (χ4n) is 5.22. The second-order valence-electron chi connectivity index (χ2n) is 9.37. The smallest absolute Gasteiger partial charge is 0.325 e. The van der Waals surface area contributed by atoms with Crippen molar-refractivity contribution in [2.45, 2.75) is 44.7 Å². The highest BCUT2D eigenvalue weighted by molar-refractivity contribution is 6.07. The molecule has 2 aromatic carbocycles. The van der Waals surface area contributed by atoms with Crippen molar-refractivity contribution in [1.82, 2.24) is 15.1 Å². The van der Waals surface area contributed by atoms with Gasteiger partial charge >= 0.3 is 6.03 Å². The monoisotopic (exact) mass is 467 g/mol. The third-order valence-corrected chi connectivity index (χ3v) is 7.24. The van der Waals surface area contributed by atoms with E-state index in [1.807, 2.05) is 0 Å². The lowest BCUT2D eigenvalue weighted by Gasteiger charge is -2.41. The maximum atomic E-state index is 13.6. The average molecular weight is 468 g/mol. The lowest BCUT2D eigenvalue weighted by molar-refractivity contribution is -0.134. The first-order chi connectivity index (χ1) is 16.4. The van der Waals surface area contributed by atoms with Crippen LogP contribution in [0, 0.1) is 11.7 Å². The predicted octanol–water partition coefficient (Wildman–Crippen LogP) is 3.78. The Morgan fingerprint density at radius 2 is 1.62 bits per heavy atom. The summed E-state index contributed by atoms with van der Waals surface area (Å²) < 4.78 is 18.6. The van der Waals surface area contributed by atoms with Crippen LogP contribution in [0.4, 0.5) is 9.18 Å². The topological polar surface area (TPSA) is 61.9 Å². The summed E-state index contributed by atoms with van der Waals surface area (Å²) in [5.74, 6) is -0.519. The Bertz CT molecular complexity index is 987. The van der Waals surface area contributed by atoms with Crippen LogP contribution >= 0.6 is 0 Å². The fourth-order valence-corrected chi connectivity index (χ4v) is 5.22. The molecule has 7 heteroatoms. The standard InChI is InChI=1S/C27H34FN3O3/c1-3-20-4-6-22(7-5-20)19-30-14-12-23(13-15-30)27(18-21-8-10-24(28)11-9-21)25(32)31(16-17-34-2)26(33)29-27/h4-11,23H,3,12-19H2,1-2H3,(H,29,33)/t27-/m1/s1. The molecule has 2 heterocycles. The van der Waals surface area contributed by atoms with Gasteiger partial charge in [0.2, 0.25) is 0 Å². The molecule has 1 atom stereocenters. The van der Waals surface area contributed by atoms with E-state index in [0.29, 0.717) is 13.0 Å². The zero-order chi connectivity index (χ0) is 24.1. The van der Waals surface area contributed by atoms with E-state index in [9.17, 15) is 14.0 Å². The summed E-state index contributed by atoms with van der Waals surface area (Å²) in [5.41, 5.74) is 2.44. The number of amides is 3. The molecule has 6 nitrogen and oxygen atoms in total. The first-order valence-corrected chi connectivity index (χ1v) is 12.1. The van der Waals surface area contributed by atoms with Gasteiger partial charge in [0.05, 0.1) is 13.2 Å². The van der Waals surface area contributed by atoms with Gasteiger partial charge in [0, 0.05) is 20.1 Å². The Balaban J connectivity index is 1.50. The van der Waals surface area contributed by atoms with Crippen molar-refractivity contribution in [3.63, 3.8) is 0 Å². The van der Waals surface area contributed by atoms with Crippen LogP contribution in [0.15, 0.2) is 48.5 Å². The van der Waals surface area contributed by atoms with Gasteiger partial charge in [-0.15, -0.1) is 0 Å². The summed E-state index contributed by atoms with van der Waals surface area (Å²) in [6.45, 7) is 5.25. The first kappa shape index (κ1) is 24.4. The van der Waals surface area contributed by atoms with Gasteiger partial charge in [-0.05, 0) is 67.1 Å². The van der Waals surface area contributed by atoms with E-state index >= 15 is 0 Å². The van der Waals surface area contributed by atoms with E-state index < -0.39 is 5.54 Å². The first-order valence-electron chi connectivity index (χ1n) is 12.1. The van der Waals surface area contributed by atoms with Gasteiger partial charge in [0.15, 0.2) is 0 Å². The molecule has 0 aliphatic carbocycles. The number of likely N-dealkylation sites (tertiary alicyclic amines) is 1. The third-order valence-electron chi connectivity index (χ3n) is 7.24. The van der Waals surface area contributed by atoms with Gasteiger partial charge in [-0.25, -0.2) is 9.18 Å². The second-order valence-corrected chi connectivity index (χ2v) is 9.37. The number of halogens is 1. The van der Waals surface area contributed by atoms with E-state index in [4.69, 9.17) is 4.74 Å². The Kier molecular flexibility index (Phi) is 7.63. The maximum absolute atomic E-state index is 13.6. The second kappa shape index (κ2) is 10.7. The number of imide groups is 1. The number of benzene rings is 2. The minimum absolute atomic E-state index is 0.000246. The molecule has 0 saturated carbocycles. The minimum Gasteiger partial charge on any atom is -0.383 e. The zero-order valence-electron chi connectivity index (χ0n) is 20.1. The van der Waals surface area contributed by atoms with Crippen LogP contribution in [0.3, 0.4) is 0 Å². The molecule has 2 aliphatic rings. The summed E-state index contributed by atoms with van der Waals surface area (Å²) in [6, 6.07) is 14.6. The predicted molar refractivity (Wildman–Crippen MR) is 129 cm³/mol. The molecule has 0 spiro atoms. The molecule has 0 unspecified atom stereocenters. The van der Waals surface area contributed by atoms with Crippen molar-refractivity contribution in [1.29, 1.82) is 0 Å². The Labute approximate surface area is 201 Å². The number of methoxy groups -OCH3 is 1. The molecule has 4 rings (SSSR count). The number of rotatable bonds is 9. The number of hydrogen-bond donors (Lipinski definition) is 1. The van der Waals surface area contributed by atoms with Gasteiger partial charge < -0.3 is 10.1 Å². The third kappa shape index (κ3) is 5.15. The van der Waals surface area contributed by atoms with Crippen LogP contribution in [0.2, 0.25) is 0 Å². The molecule has 0 radical (unpaired) electrons. The molecule has 3 amide bonds. The van der Waals surface area contributed by atoms with E-state index in [0.717, 1.165) is 44.5 Å². The number of carbonyl (C=O) groups is 2. The van der Waals surface area contributed by atoms with E-state index in [1.54, 1.807) is 19.2 Å². The molecular weight excluding hydrogens is 433 g/mol. The van der Waals surface area contributed by atoms with Crippen molar-refractivity contribution < 1.29 is 18.7 Å². The van der Waals surface area contributed by atoms with Crippen LogP contribution in [0.5, 0.6) is 0 Å². The summed E-state index contributed by atoms with van der Waals surface area (Å²) in [7, 11) is 1.55. The zero-order valence-corrected chi connectivity index (χ0v) is 20.1. The average Bonchev–Trinajstić information content (AvgIpc) is 3.09. The lowest BCUT2D eigenvalue weighted by atomic mass is 9.74. The molecule has 0 aromatic heterocycles. The van der Waals surface area contributed by atoms with Crippen molar-refractivity contribution in [3.8, 4) is 0 Å². The molecule has 1 N–H and O–H groups in total. The number of piperidine rings is 1. The highest BCUT2D eigenvalue weighted by Crippen LogP contribution is 2.37. The Hall–Kier alpha value is -2.77. The van der Waals surface area contributed by atoms with E-state index in [1.165, 1.54) is 28.2 Å². The molecule has 2 aromatic rings. The number of hydrogen-bond acceptors (Lipinski definition) is 4. The number of ether oxygens (including phenoxy) is 1. The van der Waals surface area contributed by atoms with Gasteiger partial charge in [-0.2, -0.15) is 0 Å². The highest BCUT2D eigenvalue weighted by atomic mass is 19.1. The molecule has 0 bridgehead atoms. The van der Waals surface area contributed by atoms with Gasteiger partial charge in [0.1, 0.15) is 11.4 Å². The Morgan fingerprint density at radius 3 is 2.24 bits per heavy atom. The molecule has 2 aliphatic heterocycles. The van der Waals surface area contributed by atoms with Crippen LogP contribution in [-0.4, -0.2) is 60.6 Å². The van der Waals surface area contributed by atoms with Gasteiger partial charge in [0.25, 0.3) is 5.91 Å². The van der Waals surface area contributed by atoms with Crippen molar-refractivity contribution in [3.05, 3.63) is 71.0 Å². The number of nitrogens with zero attached hydrogens (tertiary/aromatic N) is 2. The van der Waals surface area contributed by atoms with Crippen LogP contribution in [0.25, 0.3) is 0 Å². The number of nitrogens with one attached hydrogen (secondary N) is 1. The fraction of sp³-hybridized carbons (Fsp3) is 0.481. The van der Waals surface area contributed by atoms with E-state index in [-0.39, 0.29) is 30.2 Å². The van der Waals surface area contributed by atoms with E-state index in [2.05, 4.69) is 41.4 Å². The molecule has 2 saturated heterocycles. The maximum Gasteiger partial charge on any atom is 0.325 e. The van der Waals surface area contributed by atoms with Gasteiger partial charge in [-0.3, -0.25) is 14.6 Å². The van der Waals surface area contributed by atoms with Crippen LogP contribution in [0.1, 0.15) is 36.5 Å². The summed E-state index contributed by atoms with van der Waals surface area (Å²) in [6.07, 6.45) is 2.99. The normalized spacial score (nSPS) is 21.8. The molecule has 34 heavy (non-hydrogen) atoms. The number of aryl methyl sites for hydroxylation is 1. The van der Waals surface area contributed by atoms with Gasteiger partial charge in [-0.1, -0.05) is 43.3 Å². The summed E-state index contributed by atoms with van der Waals surface area (Å²) in [4.78, 5) is 30.1. The van der Waals surface area contributed by atoms with Crippen LogP contribution in [-0.2, 0) is 28.9 Å². The summed E-state index contributed by atoms with van der Waals surface area (Å²) >= 11 is 0. The van der Waals surface area contributed by atoms with Crippen LogP contribution < -0.4 is 5.32 Å². The quantitative estimate of drug-likeness (QED) is 0.570. The molecular formula is C27H34FN3O3. The number of urea groups is 1. The van der Waals surface area contributed by atoms with Crippen molar-refractivity contribution >= 4 is 11.9 Å². The SMILES string of the molecule is CCc1ccc(CN2CCC([C@@]3(Cc4ccc(F)cc4)NC(=O)N(CCOC)C3=O)CC2)cc1. The Morgan fingerprint density at radius 1 is 1.00 bits per heavy atom. The molecule has 182 valence electrons. The summed E-state index contributed by atoms with van der Waals surface area (Å²) in [5, 5.41) is 3.06. The van der Waals surface area contributed by atoms with Crippen molar-refractivity contribution in [2.75, 3.05) is 33.4 Å². The molecule has 2 fully saturated rings. The van der Waals surface area contributed by atoms with Crippen molar-refractivity contribution in [2.24, 2.45) is 5.92 Å². The lowest BCUT2D eigenvalue weighted by Crippen LogP contribution is -2.57. The minimum atomic E-state index is -1.02.